The second kappa shape index (κ2) is 7.26. The standard InChI is InChI=1S/C17H24BrNO/c1-14-5-7-15(8-6-14)9-10-16(20)19-17(13-18)11-3-2-4-12-17/h5-8H,2-4,9-13H2,1H3,(H,19,20). The van der Waals surface area contributed by atoms with Crippen molar-refractivity contribution >= 4 is 21.8 Å². The first-order valence-corrected chi connectivity index (χ1v) is 8.68. The Labute approximate surface area is 130 Å². The molecule has 1 saturated carbocycles. The van der Waals surface area contributed by atoms with Gasteiger partial charge in [0.15, 0.2) is 0 Å². The molecule has 2 nitrogen and oxygen atoms in total. The van der Waals surface area contributed by atoms with E-state index in [1.807, 2.05) is 0 Å². The summed E-state index contributed by atoms with van der Waals surface area (Å²) in [7, 11) is 0. The summed E-state index contributed by atoms with van der Waals surface area (Å²) in [6.45, 7) is 2.08. The molecule has 0 unspecified atom stereocenters. The molecule has 1 aliphatic rings. The molecule has 1 N–H and O–H groups in total. The Hall–Kier alpha value is -0.830. The van der Waals surface area contributed by atoms with Crippen molar-refractivity contribution in [2.45, 2.75) is 57.4 Å². The van der Waals surface area contributed by atoms with Crippen LogP contribution in [0.4, 0.5) is 0 Å². The zero-order valence-corrected chi connectivity index (χ0v) is 13.8. The number of alkyl halides is 1. The van der Waals surface area contributed by atoms with E-state index in [1.165, 1.54) is 30.4 Å². The molecule has 110 valence electrons. The SMILES string of the molecule is Cc1ccc(CCC(=O)NC2(CBr)CCCCC2)cc1. The van der Waals surface area contributed by atoms with E-state index in [-0.39, 0.29) is 11.4 Å². The highest BCUT2D eigenvalue weighted by Crippen LogP contribution is 2.29. The Balaban J connectivity index is 1.83. The van der Waals surface area contributed by atoms with Gasteiger partial charge in [0, 0.05) is 17.3 Å². The van der Waals surface area contributed by atoms with Crippen molar-refractivity contribution < 1.29 is 4.79 Å². The Morgan fingerprint density at radius 3 is 2.45 bits per heavy atom. The lowest BCUT2D eigenvalue weighted by molar-refractivity contribution is -0.123. The Bertz CT molecular complexity index is 435. The maximum absolute atomic E-state index is 12.2. The number of carbonyl (C=O) groups excluding carboxylic acids is 1. The van der Waals surface area contributed by atoms with Crippen molar-refractivity contribution in [2.75, 3.05) is 5.33 Å². The summed E-state index contributed by atoms with van der Waals surface area (Å²) in [6, 6.07) is 8.44. The number of hydrogen-bond donors (Lipinski definition) is 1. The van der Waals surface area contributed by atoms with Crippen LogP contribution < -0.4 is 5.32 Å². The molecule has 0 spiro atoms. The fourth-order valence-corrected chi connectivity index (χ4v) is 3.59. The van der Waals surface area contributed by atoms with Crippen LogP contribution in [0, 0.1) is 6.92 Å². The molecule has 1 aliphatic carbocycles. The molecule has 0 aromatic heterocycles. The molecule has 1 fully saturated rings. The fraction of sp³-hybridized carbons (Fsp3) is 0.588. The topological polar surface area (TPSA) is 29.1 Å². The van der Waals surface area contributed by atoms with Gasteiger partial charge in [0.2, 0.25) is 5.91 Å². The highest BCUT2D eigenvalue weighted by molar-refractivity contribution is 9.09. The van der Waals surface area contributed by atoms with Gasteiger partial charge in [0.25, 0.3) is 0 Å². The van der Waals surface area contributed by atoms with Crippen molar-refractivity contribution in [1.82, 2.24) is 5.32 Å². The van der Waals surface area contributed by atoms with Crippen LogP contribution in [0.5, 0.6) is 0 Å². The number of rotatable bonds is 5. The van der Waals surface area contributed by atoms with Crippen LogP contribution in [0.25, 0.3) is 0 Å². The lowest BCUT2D eigenvalue weighted by atomic mass is 9.83. The maximum atomic E-state index is 12.2. The van der Waals surface area contributed by atoms with Gasteiger partial charge in [-0.25, -0.2) is 0 Å². The van der Waals surface area contributed by atoms with Gasteiger partial charge in [-0.3, -0.25) is 4.79 Å². The molecule has 0 radical (unpaired) electrons. The fourth-order valence-electron chi connectivity index (χ4n) is 2.89. The van der Waals surface area contributed by atoms with Crippen molar-refractivity contribution in [3.63, 3.8) is 0 Å². The minimum Gasteiger partial charge on any atom is -0.350 e. The predicted octanol–water partition coefficient (Wildman–Crippen LogP) is 4.14. The van der Waals surface area contributed by atoms with Gasteiger partial charge in [-0.2, -0.15) is 0 Å². The number of amides is 1. The number of aryl methyl sites for hydroxylation is 2. The molecule has 0 heterocycles. The molecule has 1 aromatic rings. The van der Waals surface area contributed by atoms with Crippen LogP contribution in [0.3, 0.4) is 0 Å². The number of benzene rings is 1. The van der Waals surface area contributed by atoms with E-state index >= 15 is 0 Å². The molecule has 0 aliphatic heterocycles. The third-order valence-corrected chi connectivity index (χ3v) is 5.31. The van der Waals surface area contributed by atoms with E-state index in [9.17, 15) is 4.79 Å². The largest absolute Gasteiger partial charge is 0.350 e. The van der Waals surface area contributed by atoms with Crippen LogP contribution in [0.2, 0.25) is 0 Å². The molecule has 3 heteroatoms. The monoisotopic (exact) mass is 337 g/mol. The summed E-state index contributed by atoms with van der Waals surface area (Å²) in [5.74, 6) is 0.187. The van der Waals surface area contributed by atoms with Gasteiger partial charge in [0.1, 0.15) is 0 Å². The number of carbonyl (C=O) groups is 1. The van der Waals surface area contributed by atoms with E-state index < -0.39 is 0 Å². The average Bonchev–Trinajstić information content (AvgIpc) is 2.47. The second-order valence-corrected chi connectivity index (χ2v) is 6.57. The highest BCUT2D eigenvalue weighted by Gasteiger charge is 2.32. The first-order chi connectivity index (χ1) is 9.63. The summed E-state index contributed by atoms with van der Waals surface area (Å²) in [4.78, 5) is 12.2. The molecule has 20 heavy (non-hydrogen) atoms. The quantitative estimate of drug-likeness (QED) is 0.803. The van der Waals surface area contributed by atoms with E-state index in [4.69, 9.17) is 0 Å². The first kappa shape index (κ1) is 15.6. The van der Waals surface area contributed by atoms with Crippen LogP contribution in [-0.2, 0) is 11.2 Å². The summed E-state index contributed by atoms with van der Waals surface area (Å²) in [6.07, 6.45) is 7.37. The van der Waals surface area contributed by atoms with E-state index in [0.717, 1.165) is 24.6 Å². The average molecular weight is 338 g/mol. The van der Waals surface area contributed by atoms with Gasteiger partial charge in [-0.05, 0) is 31.7 Å². The molecule has 1 aromatic carbocycles. The zero-order chi connectivity index (χ0) is 14.4. The number of nitrogens with one attached hydrogen (secondary N) is 1. The van der Waals surface area contributed by atoms with Gasteiger partial charge in [0.05, 0.1) is 0 Å². The van der Waals surface area contributed by atoms with Crippen LogP contribution >= 0.6 is 15.9 Å². The predicted molar refractivity (Wildman–Crippen MR) is 87.3 cm³/mol. The number of hydrogen-bond acceptors (Lipinski definition) is 1. The lowest BCUT2D eigenvalue weighted by Gasteiger charge is -2.36. The van der Waals surface area contributed by atoms with Crippen LogP contribution in [-0.4, -0.2) is 16.8 Å². The van der Waals surface area contributed by atoms with Crippen molar-refractivity contribution in [1.29, 1.82) is 0 Å². The van der Waals surface area contributed by atoms with E-state index in [1.54, 1.807) is 0 Å². The molecular weight excluding hydrogens is 314 g/mol. The third kappa shape index (κ3) is 4.34. The van der Waals surface area contributed by atoms with Crippen LogP contribution in [0.15, 0.2) is 24.3 Å². The zero-order valence-electron chi connectivity index (χ0n) is 12.3. The van der Waals surface area contributed by atoms with Crippen molar-refractivity contribution in [2.24, 2.45) is 0 Å². The van der Waals surface area contributed by atoms with E-state index in [0.29, 0.717) is 6.42 Å². The lowest BCUT2D eigenvalue weighted by Crippen LogP contribution is -2.51. The molecule has 1 amide bonds. The van der Waals surface area contributed by atoms with Crippen LogP contribution in [0.1, 0.15) is 49.7 Å². The Morgan fingerprint density at radius 2 is 1.85 bits per heavy atom. The summed E-state index contributed by atoms with van der Waals surface area (Å²) in [5, 5.41) is 4.15. The molecule has 0 atom stereocenters. The minimum atomic E-state index is 0.00259. The van der Waals surface area contributed by atoms with Gasteiger partial charge in [-0.1, -0.05) is 65.0 Å². The summed E-state index contributed by atoms with van der Waals surface area (Å²) in [5.41, 5.74) is 2.50. The summed E-state index contributed by atoms with van der Waals surface area (Å²) >= 11 is 3.59. The van der Waals surface area contributed by atoms with E-state index in [2.05, 4.69) is 52.4 Å². The van der Waals surface area contributed by atoms with Gasteiger partial charge < -0.3 is 5.32 Å². The smallest absolute Gasteiger partial charge is 0.220 e. The maximum Gasteiger partial charge on any atom is 0.220 e. The molecular formula is C17H24BrNO. The second-order valence-electron chi connectivity index (χ2n) is 6.01. The van der Waals surface area contributed by atoms with Gasteiger partial charge in [-0.15, -0.1) is 0 Å². The molecule has 0 saturated heterocycles. The Morgan fingerprint density at radius 1 is 1.20 bits per heavy atom. The Kier molecular flexibility index (Phi) is 5.64. The van der Waals surface area contributed by atoms with Crippen molar-refractivity contribution in [3.05, 3.63) is 35.4 Å². The number of halogens is 1. The van der Waals surface area contributed by atoms with Gasteiger partial charge >= 0.3 is 0 Å². The summed E-state index contributed by atoms with van der Waals surface area (Å²) < 4.78 is 0. The first-order valence-electron chi connectivity index (χ1n) is 7.56. The third-order valence-electron chi connectivity index (χ3n) is 4.23. The van der Waals surface area contributed by atoms with Crippen molar-refractivity contribution in [3.8, 4) is 0 Å². The molecule has 2 rings (SSSR count). The highest BCUT2D eigenvalue weighted by atomic mass is 79.9. The normalized spacial score (nSPS) is 17.7. The minimum absolute atomic E-state index is 0.00259. The molecule has 0 bridgehead atoms.